The lowest BCUT2D eigenvalue weighted by Gasteiger charge is -2.13. The molecule has 0 aliphatic carbocycles. The average Bonchev–Trinajstić information content (AvgIpc) is 2.63. The molecule has 0 fully saturated rings. The summed E-state index contributed by atoms with van der Waals surface area (Å²) in [6.45, 7) is 4.12. The van der Waals surface area contributed by atoms with Gasteiger partial charge in [0.05, 0.1) is 11.2 Å². The van der Waals surface area contributed by atoms with E-state index in [2.05, 4.69) is 34.8 Å². The summed E-state index contributed by atoms with van der Waals surface area (Å²) in [5.74, 6) is 0.606. The van der Waals surface area contributed by atoms with Gasteiger partial charge in [-0.25, -0.2) is 4.98 Å². The molecule has 0 bridgehead atoms. The molecule has 0 saturated heterocycles. The van der Waals surface area contributed by atoms with Crippen LogP contribution in [0.3, 0.4) is 0 Å². The monoisotopic (exact) mass is 314 g/mol. The van der Waals surface area contributed by atoms with Crippen LogP contribution in [0.5, 0.6) is 11.8 Å². The Morgan fingerprint density at radius 3 is 2.71 bits per heavy atom. The second-order valence-corrected chi connectivity index (χ2v) is 5.08. The molecule has 0 atom stereocenters. The van der Waals surface area contributed by atoms with Gasteiger partial charge in [-0.15, -0.1) is 0 Å². The van der Waals surface area contributed by atoms with E-state index < -0.39 is 0 Å². The van der Waals surface area contributed by atoms with Gasteiger partial charge in [0.15, 0.2) is 0 Å². The Morgan fingerprint density at radius 1 is 1.35 bits per heavy atom. The maximum atomic E-state index is 6.04. The molecule has 3 nitrogen and oxygen atoms in total. The SMILES string of the molecule is CC(C)n1c(Br)cnc1Oc1ccccc1Cl. The van der Waals surface area contributed by atoms with Crippen LogP contribution in [0.4, 0.5) is 0 Å². The summed E-state index contributed by atoms with van der Waals surface area (Å²) < 4.78 is 8.54. The van der Waals surface area contributed by atoms with Crippen LogP contribution in [-0.2, 0) is 0 Å². The van der Waals surface area contributed by atoms with E-state index >= 15 is 0 Å². The highest BCUT2D eigenvalue weighted by atomic mass is 79.9. The quantitative estimate of drug-likeness (QED) is 0.823. The minimum absolute atomic E-state index is 0.254. The van der Waals surface area contributed by atoms with Gasteiger partial charge in [0.2, 0.25) is 0 Å². The smallest absolute Gasteiger partial charge is 0.303 e. The molecule has 0 saturated carbocycles. The Hall–Kier alpha value is -1.00. The van der Waals surface area contributed by atoms with Crippen LogP contribution in [0.15, 0.2) is 35.1 Å². The van der Waals surface area contributed by atoms with Crippen LogP contribution in [-0.4, -0.2) is 9.55 Å². The molecule has 0 N–H and O–H groups in total. The number of nitrogens with zero attached hydrogens (tertiary/aromatic N) is 2. The van der Waals surface area contributed by atoms with Crippen molar-refractivity contribution in [1.82, 2.24) is 9.55 Å². The molecule has 2 rings (SSSR count). The number of rotatable bonds is 3. The lowest BCUT2D eigenvalue weighted by molar-refractivity contribution is 0.393. The molecule has 0 aliphatic heterocycles. The first kappa shape index (κ1) is 12.5. The molecule has 90 valence electrons. The highest BCUT2D eigenvalue weighted by Gasteiger charge is 2.13. The summed E-state index contributed by atoms with van der Waals surface area (Å²) in [6.07, 6.45) is 1.71. The zero-order valence-electron chi connectivity index (χ0n) is 9.52. The average molecular weight is 316 g/mol. The maximum absolute atomic E-state index is 6.04. The normalized spacial score (nSPS) is 10.9. The van der Waals surface area contributed by atoms with E-state index in [9.17, 15) is 0 Å². The Morgan fingerprint density at radius 2 is 2.06 bits per heavy atom. The Kier molecular flexibility index (Phi) is 3.74. The van der Waals surface area contributed by atoms with Crippen molar-refractivity contribution in [1.29, 1.82) is 0 Å². The van der Waals surface area contributed by atoms with Crippen molar-refractivity contribution in [2.24, 2.45) is 0 Å². The standard InChI is InChI=1S/C12H12BrClN2O/c1-8(2)16-11(13)7-15-12(16)17-10-6-4-3-5-9(10)14/h3-8H,1-2H3. The van der Waals surface area contributed by atoms with Crippen molar-refractivity contribution >= 4 is 27.5 Å². The number of para-hydroxylation sites is 1. The third-order valence-electron chi connectivity index (χ3n) is 2.27. The molecule has 0 amide bonds. The third-order valence-corrected chi connectivity index (χ3v) is 3.17. The maximum Gasteiger partial charge on any atom is 0.303 e. The lowest BCUT2D eigenvalue weighted by atomic mass is 10.3. The third kappa shape index (κ3) is 2.64. The molecular formula is C12H12BrClN2O. The van der Waals surface area contributed by atoms with Crippen molar-refractivity contribution in [3.05, 3.63) is 40.1 Å². The summed E-state index contributed by atoms with van der Waals surface area (Å²) in [7, 11) is 0. The summed E-state index contributed by atoms with van der Waals surface area (Å²) in [5.41, 5.74) is 0. The van der Waals surface area contributed by atoms with Crippen molar-refractivity contribution in [2.45, 2.75) is 19.9 Å². The van der Waals surface area contributed by atoms with E-state index in [1.807, 2.05) is 22.8 Å². The molecule has 5 heteroatoms. The van der Waals surface area contributed by atoms with Crippen LogP contribution in [0.1, 0.15) is 19.9 Å². The molecule has 0 spiro atoms. The first-order valence-corrected chi connectivity index (χ1v) is 6.42. The van der Waals surface area contributed by atoms with Gasteiger partial charge in [0.25, 0.3) is 0 Å². The van der Waals surface area contributed by atoms with Crippen LogP contribution >= 0.6 is 27.5 Å². The lowest BCUT2D eigenvalue weighted by Crippen LogP contribution is -2.03. The largest absolute Gasteiger partial charge is 0.424 e. The van der Waals surface area contributed by atoms with Crippen LogP contribution in [0.25, 0.3) is 0 Å². The summed E-state index contributed by atoms with van der Waals surface area (Å²) in [4.78, 5) is 4.21. The van der Waals surface area contributed by atoms with Gasteiger partial charge in [-0.1, -0.05) is 23.7 Å². The molecule has 0 unspecified atom stereocenters. The molecule has 0 aliphatic rings. The van der Waals surface area contributed by atoms with Gasteiger partial charge in [0.1, 0.15) is 10.4 Å². The number of aromatic nitrogens is 2. The van der Waals surface area contributed by atoms with Gasteiger partial charge in [-0.2, -0.15) is 0 Å². The highest BCUT2D eigenvalue weighted by molar-refractivity contribution is 9.10. The summed E-state index contributed by atoms with van der Waals surface area (Å²) in [6, 6.07) is 8.12. The van der Waals surface area contributed by atoms with Gasteiger partial charge < -0.3 is 4.74 Å². The molecule has 17 heavy (non-hydrogen) atoms. The zero-order chi connectivity index (χ0) is 12.4. The van der Waals surface area contributed by atoms with E-state index in [0.29, 0.717) is 16.8 Å². The summed E-state index contributed by atoms with van der Waals surface area (Å²) in [5, 5.41) is 0.571. The van der Waals surface area contributed by atoms with Crippen molar-refractivity contribution in [3.8, 4) is 11.8 Å². The van der Waals surface area contributed by atoms with E-state index in [1.165, 1.54) is 0 Å². The minimum Gasteiger partial charge on any atom is -0.424 e. The molecular weight excluding hydrogens is 304 g/mol. The second-order valence-electron chi connectivity index (χ2n) is 3.86. The fourth-order valence-electron chi connectivity index (χ4n) is 1.49. The minimum atomic E-state index is 0.254. The number of halogens is 2. The van der Waals surface area contributed by atoms with Gasteiger partial charge in [-0.3, -0.25) is 4.57 Å². The number of imidazole rings is 1. The molecule has 1 aromatic carbocycles. The zero-order valence-corrected chi connectivity index (χ0v) is 11.9. The molecule has 1 heterocycles. The number of ether oxygens (including phenoxy) is 1. The topological polar surface area (TPSA) is 27.1 Å². The Labute approximate surface area is 114 Å². The van der Waals surface area contributed by atoms with E-state index in [0.717, 1.165) is 4.60 Å². The van der Waals surface area contributed by atoms with E-state index in [4.69, 9.17) is 16.3 Å². The predicted octanol–water partition coefficient (Wildman–Crippen LogP) is 4.67. The fourth-order valence-corrected chi connectivity index (χ4v) is 2.33. The van der Waals surface area contributed by atoms with E-state index in [-0.39, 0.29) is 6.04 Å². The van der Waals surface area contributed by atoms with Crippen molar-refractivity contribution < 1.29 is 4.74 Å². The highest BCUT2D eigenvalue weighted by Crippen LogP contribution is 2.31. The first-order chi connectivity index (χ1) is 8.09. The number of benzene rings is 1. The Bertz CT molecular complexity index is 525. The first-order valence-electron chi connectivity index (χ1n) is 5.24. The predicted molar refractivity (Wildman–Crippen MR) is 71.8 cm³/mol. The molecule has 0 radical (unpaired) electrons. The van der Waals surface area contributed by atoms with Gasteiger partial charge in [-0.05, 0) is 41.9 Å². The summed E-state index contributed by atoms with van der Waals surface area (Å²) >= 11 is 9.48. The van der Waals surface area contributed by atoms with Crippen LogP contribution in [0, 0.1) is 0 Å². The molecule has 1 aromatic heterocycles. The van der Waals surface area contributed by atoms with Crippen molar-refractivity contribution in [2.75, 3.05) is 0 Å². The number of hydrogen-bond donors (Lipinski definition) is 0. The van der Waals surface area contributed by atoms with Gasteiger partial charge >= 0.3 is 6.01 Å². The van der Waals surface area contributed by atoms with E-state index in [1.54, 1.807) is 12.3 Å². The molecule has 2 aromatic rings. The number of hydrogen-bond acceptors (Lipinski definition) is 2. The second kappa shape index (κ2) is 5.10. The Balaban J connectivity index is 2.34. The van der Waals surface area contributed by atoms with Crippen LogP contribution < -0.4 is 4.74 Å². The fraction of sp³-hybridized carbons (Fsp3) is 0.250. The van der Waals surface area contributed by atoms with Crippen molar-refractivity contribution in [3.63, 3.8) is 0 Å². The van der Waals surface area contributed by atoms with Gasteiger partial charge in [0, 0.05) is 6.04 Å². The van der Waals surface area contributed by atoms with Crippen LogP contribution in [0.2, 0.25) is 5.02 Å².